The van der Waals surface area contributed by atoms with Gasteiger partial charge in [-0.2, -0.15) is 0 Å². The Morgan fingerprint density at radius 1 is 1.20 bits per heavy atom. The molecule has 0 bridgehead atoms. The third kappa shape index (κ3) is 3.58. The zero-order chi connectivity index (χ0) is 14.5. The van der Waals surface area contributed by atoms with Crippen molar-refractivity contribution < 1.29 is 4.39 Å². The Kier molecular flexibility index (Phi) is 5.15. The predicted octanol–water partition coefficient (Wildman–Crippen LogP) is 4.13. The molecule has 0 saturated carbocycles. The van der Waals surface area contributed by atoms with Crippen molar-refractivity contribution in [3.8, 4) is 0 Å². The monoisotopic (exact) mass is 336 g/mol. The first kappa shape index (κ1) is 15.0. The highest BCUT2D eigenvalue weighted by atomic mass is 79.9. The minimum Gasteiger partial charge on any atom is -0.380 e. The second kappa shape index (κ2) is 6.86. The van der Waals surface area contributed by atoms with Gasteiger partial charge in [-0.1, -0.05) is 37.3 Å². The molecule has 2 unspecified atom stereocenters. The number of nitrogens with two attached hydrogens (primary N) is 1. The molecule has 3 N–H and O–H groups in total. The van der Waals surface area contributed by atoms with Crippen LogP contribution in [-0.2, 0) is 0 Å². The van der Waals surface area contributed by atoms with Crippen LogP contribution in [0.25, 0.3) is 0 Å². The van der Waals surface area contributed by atoms with E-state index in [4.69, 9.17) is 5.73 Å². The number of hydrogen-bond donors (Lipinski definition) is 2. The summed E-state index contributed by atoms with van der Waals surface area (Å²) in [5.41, 5.74) is 7.97. The van der Waals surface area contributed by atoms with Crippen LogP contribution in [0.5, 0.6) is 0 Å². The third-order valence-electron chi connectivity index (χ3n) is 3.45. The highest BCUT2D eigenvalue weighted by Crippen LogP contribution is 2.24. The number of rotatable bonds is 5. The zero-order valence-electron chi connectivity index (χ0n) is 11.3. The number of nitrogens with one attached hydrogen (secondary N) is 1. The standard InChI is InChI=1S/C16H18BrFN2/c1-11(12-5-3-2-4-6-12)16(10-19)20-13-7-8-15(18)14(17)9-13/h2-9,11,16,20H,10,19H2,1H3. The Balaban J connectivity index is 2.14. The van der Waals surface area contributed by atoms with E-state index in [1.165, 1.54) is 11.6 Å². The van der Waals surface area contributed by atoms with Gasteiger partial charge in [0.25, 0.3) is 0 Å². The molecular formula is C16H18BrFN2. The van der Waals surface area contributed by atoms with Gasteiger partial charge >= 0.3 is 0 Å². The summed E-state index contributed by atoms with van der Waals surface area (Å²) in [6.45, 7) is 2.64. The lowest BCUT2D eigenvalue weighted by molar-refractivity contribution is 0.608. The fraction of sp³-hybridized carbons (Fsp3) is 0.250. The second-order valence-electron chi connectivity index (χ2n) is 4.81. The van der Waals surface area contributed by atoms with Crippen molar-refractivity contribution >= 4 is 21.6 Å². The molecule has 2 aromatic carbocycles. The molecule has 0 aliphatic rings. The van der Waals surface area contributed by atoms with Gasteiger partial charge in [-0.3, -0.25) is 0 Å². The van der Waals surface area contributed by atoms with E-state index < -0.39 is 0 Å². The Morgan fingerprint density at radius 3 is 2.50 bits per heavy atom. The summed E-state index contributed by atoms with van der Waals surface area (Å²) < 4.78 is 13.7. The second-order valence-corrected chi connectivity index (χ2v) is 5.67. The molecule has 4 heteroatoms. The summed E-state index contributed by atoms with van der Waals surface area (Å²) >= 11 is 3.19. The maximum atomic E-state index is 13.2. The SMILES string of the molecule is CC(c1ccccc1)C(CN)Nc1ccc(F)c(Br)c1. The smallest absolute Gasteiger partial charge is 0.137 e. The molecule has 0 aromatic heterocycles. The van der Waals surface area contributed by atoms with Crippen LogP contribution in [0.1, 0.15) is 18.4 Å². The summed E-state index contributed by atoms with van der Waals surface area (Å²) in [6.07, 6.45) is 0. The Labute approximate surface area is 127 Å². The van der Waals surface area contributed by atoms with E-state index in [0.717, 1.165) is 5.69 Å². The number of anilines is 1. The maximum absolute atomic E-state index is 13.2. The molecule has 2 nitrogen and oxygen atoms in total. The minimum absolute atomic E-state index is 0.0924. The number of halogens is 2. The van der Waals surface area contributed by atoms with Gasteiger partial charge in [-0.05, 0) is 39.7 Å². The quantitative estimate of drug-likeness (QED) is 0.861. The van der Waals surface area contributed by atoms with Gasteiger partial charge in [0, 0.05) is 24.2 Å². The lowest BCUT2D eigenvalue weighted by atomic mass is 9.93. The van der Waals surface area contributed by atoms with Crippen LogP contribution in [0.4, 0.5) is 10.1 Å². The van der Waals surface area contributed by atoms with Gasteiger partial charge in [-0.25, -0.2) is 4.39 Å². The van der Waals surface area contributed by atoms with Crippen molar-refractivity contribution in [1.82, 2.24) is 0 Å². The van der Waals surface area contributed by atoms with Crippen molar-refractivity contribution in [1.29, 1.82) is 0 Å². The van der Waals surface area contributed by atoms with Crippen molar-refractivity contribution in [2.45, 2.75) is 18.9 Å². The highest BCUT2D eigenvalue weighted by Gasteiger charge is 2.17. The first-order valence-corrected chi connectivity index (χ1v) is 7.37. The number of benzene rings is 2. The van der Waals surface area contributed by atoms with Gasteiger partial charge in [0.2, 0.25) is 0 Å². The van der Waals surface area contributed by atoms with E-state index in [0.29, 0.717) is 11.0 Å². The Morgan fingerprint density at radius 2 is 1.90 bits per heavy atom. The molecule has 2 aromatic rings. The molecule has 20 heavy (non-hydrogen) atoms. The molecule has 2 atom stereocenters. The van der Waals surface area contributed by atoms with Crippen LogP contribution in [0.3, 0.4) is 0 Å². The fourth-order valence-corrected chi connectivity index (χ4v) is 2.56. The van der Waals surface area contributed by atoms with Crippen LogP contribution in [-0.4, -0.2) is 12.6 Å². The van der Waals surface area contributed by atoms with Crippen LogP contribution in [0.2, 0.25) is 0 Å². The summed E-state index contributed by atoms with van der Waals surface area (Å²) in [5, 5.41) is 3.37. The molecule has 0 fully saturated rings. The highest BCUT2D eigenvalue weighted by molar-refractivity contribution is 9.10. The Hall–Kier alpha value is -1.39. The summed E-state index contributed by atoms with van der Waals surface area (Å²) in [6, 6.07) is 15.2. The summed E-state index contributed by atoms with van der Waals surface area (Å²) in [7, 11) is 0. The van der Waals surface area contributed by atoms with E-state index in [1.54, 1.807) is 12.1 Å². The van der Waals surface area contributed by atoms with Crippen LogP contribution in [0, 0.1) is 5.82 Å². The largest absolute Gasteiger partial charge is 0.380 e. The predicted molar refractivity (Wildman–Crippen MR) is 85.4 cm³/mol. The zero-order valence-corrected chi connectivity index (χ0v) is 12.9. The molecule has 0 aliphatic carbocycles. The van der Waals surface area contributed by atoms with Crippen LogP contribution >= 0.6 is 15.9 Å². The first-order valence-electron chi connectivity index (χ1n) is 6.58. The lowest BCUT2D eigenvalue weighted by Gasteiger charge is -2.25. The minimum atomic E-state index is -0.268. The first-order chi connectivity index (χ1) is 9.61. The normalized spacial score (nSPS) is 13.8. The van der Waals surface area contributed by atoms with Gasteiger partial charge in [-0.15, -0.1) is 0 Å². The molecule has 0 radical (unpaired) electrons. The fourth-order valence-electron chi connectivity index (χ4n) is 2.18. The van der Waals surface area contributed by atoms with E-state index in [-0.39, 0.29) is 17.8 Å². The summed E-state index contributed by atoms with van der Waals surface area (Å²) in [4.78, 5) is 0. The topological polar surface area (TPSA) is 38.0 Å². The van der Waals surface area contributed by atoms with E-state index >= 15 is 0 Å². The number of hydrogen-bond acceptors (Lipinski definition) is 2. The van der Waals surface area contributed by atoms with Crippen LogP contribution < -0.4 is 11.1 Å². The van der Waals surface area contributed by atoms with Crippen molar-refractivity contribution in [2.24, 2.45) is 5.73 Å². The summed E-state index contributed by atoms with van der Waals surface area (Å²) in [5.74, 6) is 0.000912. The molecule has 0 spiro atoms. The average Bonchev–Trinajstić information content (AvgIpc) is 2.48. The van der Waals surface area contributed by atoms with Gasteiger partial charge in [0.15, 0.2) is 0 Å². The van der Waals surface area contributed by atoms with Crippen molar-refractivity contribution in [3.63, 3.8) is 0 Å². The Bertz CT molecular complexity index is 560. The van der Waals surface area contributed by atoms with E-state index in [1.807, 2.05) is 18.2 Å². The average molecular weight is 337 g/mol. The van der Waals surface area contributed by atoms with E-state index in [9.17, 15) is 4.39 Å². The van der Waals surface area contributed by atoms with Gasteiger partial charge < -0.3 is 11.1 Å². The van der Waals surface area contributed by atoms with Gasteiger partial charge in [0.1, 0.15) is 5.82 Å². The molecule has 2 rings (SSSR count). The third-order valence-corrected chi connectivity index (χ3v) is 4.06. The van der Waals surface area contributed by atoms with Crippen molar-refractivity contribution in [2.75, 3.05) is 11.9 Å². The van der Waals surface area contributed by atoms with E-state index in [2.05, 4.69) is 40.3 Å². The molecule has 0 amide bonds. The van der Waals surface area contributed by atoms with Crippen molar-refractivity contribution in [3.05, 3.63) is 64.4 Å². The molecule has 0 saturated heterocycles. The van der Waals surface area contributed by atoms with Gasteiger partial charge in [0.05, 0.1) is 4.47 Å². The maximum Gasteiger partial charge on any atom is 0.137 e. The van der Waals surface area contributed by atoms with Crippen LogP contribution in [0.15, 0.2) is 53.0 Å². The lowest BCUT2D eigenvalue weighted by Crippen LogP contribution is -2.33. The molecule has 106 valence electrons. The molecular weight excluding hydrogens is 319 g/mol. The molecule has 0 heterocycles. The molecule has 0 aliphatic heterocycles.